The number of nitrogens with zero attached hydrogens (tertiary/aromatic N) is 2. The van der Waals surface area contributed by atoms with Gasteiger partial charge in [0, 0.05) is 11.4 Å². The fourth-order valence-electron chi connectivity index (χ4n) is 8.00. The third-order valence-electron chi connectivity index (χ3n) is 10.7. The van der Waals surface area contributed by atoms with Gasteiger partial charge in [-0.25, -0.2) is 0 Å². The molecule has 0 N–H and O–H groups in total. The first kappa shape index (κ1) is 34.0. The predicted molar refractivity (Wildman–Crippen MR) is 183 cm³/mol. The van der Waals surface area contributed by atoms with Crippen LogP contribution in [-0.4, -0.2) is 9.97 Å². The summed E-state index contributed by atoms with van der Waals surface area (Å²) in [5.41, 5.74) is 5.39. The Morgan fingerprint density at radius 3 is 1.30 bits per heavy atom. The Balaban J connectivity index is 1.38. The van der Waals surface area contributed by atoms with Crippen molar-refractivity contribution in [3.8, 4) is 11.5 Å². The number of hydrogen-bond acceptors (Lipinski definition) is 3. The number of unbranched alkanes of at least 4 members (excludes halogenated alkanes) is 4. The molecule has 0 unspecified atom stereocenters. The number of hydrogen-bond donors (Lipinski definition) is 0. The van der Waals surface area contributed by atoms with Crippen molar-refractivity contribution >= 4 is 0 Å². The second kappa shape index (κ2) is 18.8. The van der Waals surface area contributed by atoms with Gasteiger partial charge in [0.25, 0.3) is 0 Å². The number of aromatic nitrogens is 2. The van der Waals surface area contributed by atoms with Gasteiger partial charge in [0.2, 0.25) is 0 Å². The highest BCUT2D eigenvalue weighted by Crippen LogP contribution is 2.37. The van der Waals surface area contributed by atoms with Crippen LogP contribution in [0, 0.1) is 23.7 Å². The van der Waals surface area contributed by atoms with Crippen LogP contribution in [0.25, 0.3) is 0 Å². The predicted octanol–water partition coefficient (Wildman–Crippen LogP) is 12.0. The third-order valence-corrected chi connectivity index (χ3v) is 10.7. The zero-order valence-corrected chi connectivity index (χ0v) is 28.5. The Hall–Kier alpha value is -1.90. The van der Waals surface area contributed by atoms with E-state index in [0.717, 1.165) is 73.7 Å². The average molecular weight is 589 g/mol. The number of rotatable bonds is 18. The lowest BCUT2D eigenvalue weighted by Gasteiger charge is -2.29. The Kier molecular flexibility index (Phi) is 14.9. The van der Waals surface area contributed by atoms with Crippen LogP contribution < -0.4 is 4.74 Å². The lowest BCUT2D eigenvalue weighted by molar-refractivity contribution is 0.257. The molecular formula is C40H64N2O. The minimum Gasteiger partial charge on any atom is -0.454 e. The van der Waals surface area contributed by atoms with Crippen LogP contribution in [-0.2, 0) is 25.7 Å². The van der Waals surface area contributed by atoms with Gasteiger partial charge in [0.05, 0.1) is 12.4 Å². The van der Waals surface area contributed by atoms with Crippen LogP contribution >= 0.6 is 0 Å². The summed E-state index contributed by atoms with van der Waals surface area (Å²) in [5, 5.41) is 0. The Morgan fingerprint density at radius 2 is 0.930 bits per heavy atom. The molecule has 0 amide bonds. The van der Waals surface area contributed by atoms with Gasteiger partial charge >= 0.3 is 0 Å². The average Bonchev–Trinajstić information content (AvgIpc) is 3.02. The third kappa shape index (κ3) is 11.2. The largest absolute Gasteiger partial charge is 0.454 e. The van der Waals surface area contributed by atoms with Crippen molar-refractivity contribution in [3.63, 3.8) is 0 Å². The smallest absolute Gasteiger partial charge is 0.146 e. The van der Waals surface area contributed by atoms with E-state index in [1.165, 1.54) is 125 Å². The molecule has 2 aromatic heterocycles. The van der Waals surface area contributed by atoms with Crippen molar-refractivity contribution in [2.45, 2.75) is 169 Å². The van der Waals surface area contributed by atoms with Crippen LogP contribution in [0.1, 0.15) is 166 Å². The molecule has 43 heavy (non-hydrogen) atoms. The van der Waals surface area contributed by atoms with Gasteiger partial charge in [-0.1, -0.05) is 118 Å². The van der Waals surface area contributed by atoms with Crippen LogP contribution in [0.15, 0.2) is 24.5 Å². The highest BCUT2D eigenvalue weighted by atomic mass is 16.5. The molecule has 0 aliphatic heterocycles. The minimum atomic E-state index is 0.790. The van der Waals surface area contributed by atoms with E-state index in [0.29, 0.717) is 0 Å². The molecule has 3 nitrogen and oxygen atoms in total. The lowest BCUT2D eigenvalue weighted by Crippen LogP contribution is -2.17. The SMILES string of the molecule is CCCCCC1CCC(Cc2cc(Oc3cnc(CCC)c(CC4CCC(CCCCC)CC4)c3)cnc2CCC)CC1. The highest BCUT2D eigenvalue weighted by molar-refractivity contribution is 5.36. The van der Waals surface area contributed by atoms with Gasteiger partial charge in [-0.2, -0.15) is 0 Å². The van der Waals surface area contributed by atoms with Crippen LogP contribution in [0.4, 0.5) is 0 Å². The molecule has 0 saturated heterocycles. The highest BCUT2D eigenvalue weighted by Gasteiger charge is 2.24. The summed E-state index contributed by atoms with van der Waals surface area (Å²) in [5.74, 6) is 5.27. The van der Waals surface area contributed by atoms with E-state index >= 15 is 0 Å². The molecule has 4 rings (SSSR count). The normalized spacial score (nSPS) is 22.5. The van der Waals surface area contributed by atoms with Crippen molar-refractivity contribution in [2.75, 3.05) is 0 Å². The zero-order chi connectivity index (χ0) is 30.3. The summed E-state index contributed by atoms with van der Waals surface area (Å²) in [4.78, 5) is 9.89. The summed E-state index contributed by atoms with van der Waals surface area (Å²) in [7, 11) is 0. The fraction of sp³-hybridized carbons (Fsp3) is 0.750. The maximum absolute atomic E-state index is 6.52. The van der Waals surface area contributed by atoms with Crippen LogP contribution in [0.2, 0.25) is 0 Å². The summed E-state index contributed by atoms with van der Waals surface area (Å²) >= 11 is 0. The molecule has 2 heterocycles. The van der Waals surface area contributed by atoms with Crippen molar-refractivity contribution in [3.05, 3.63) is 47.0 Å². The number of pyridine rings is 2. The van der Waals surface area contributed by atoms with Gasteiger partial charge < -0.3 is 4.74 Å². The Bertz CT molecular complexity index is 965. The quantitative estimate of drug-likeness (QED) is 0.162. The van der Waals surface area contributed by atoms with Crippen LogP contribution in [0.5, 0.6) is 11.5 Å². The van der Waals surface area contributed by atoms with E-state index in [-0.39, 0.29) is 0 Å². The first-order chi connectivity index (χ1) is 21.1. The van der Waals surface area contributed by atoms with E-state index in [2.05, 4.69) is 39.8 Å². The monoisotopic (exact) mass is 589 g/mol. The molecule has 3 heteroatoms. The molecule has 2 aliphatic rings. The Labute approximate surface area is 265 Å². The van der Waals surface area contributed by atoms with Gasteiger partial charge in [-0.15, -0.1) is 0 Å². The Morgan fingerprint density at radius 1 is 0.535 bits per heavy atom. The summed E-state index contributed by atoms with van der Waals surface area (Å²) < 4.78 is 6.52. The first-order valence-electron chi connectivity index (χ1n) is 18.7. The maximum Gasteiger partial charge on any atom is 0.146 e. The fourth-order valence-corrected chi connectivity index (χ4v) is 8.00. The molecular weight excluding hydrogens is 524 g/mol. The standard InChI is InChI=1S/C40H64N2O/c1-5-9-11-15-31-17-21-33(22-18-31)25-35-27-37(29-41-39(35)13-7-3)43-38-28-36(40(14-8-4)42-30-38)26-34-23-19-32(20-24-34)16-12-10-6-2/h27-34H,5-26H2,1-4H3. The topological polar surface area (TPSA) is 35.0 Å². The molecule has 2 fully saturated rings. The lowest BCUT2D eigenvalue weighted by atomic mass is 9.77. The summed E-state index contributed by atoms with van der Waals surface area (Å²) in [6.45, 7) is 9.16. The van der Waals surface area contributed by atoms with Crippen molar-refractivity contribution < 1.29 is 4.74 Å². The molecule has 2 aliphatic carbocycles. The van der Waals surface area contributed by atoms with E-state index in [4.69, 9.17) is 14.7 Å². The molecule has 0 bridgehead atoms. The minimum absolute atomic E-state index is 0.790. The number of aryl methyl sites for hydroxylation is 2. The van der Waals surface area contributed by atoms with E-state index < -0.39 is 0 Å². The molecule has 240 valence electrons. The second-order valence-corrected chi connectivity index (χ2v) is 14.3. The van der Waals surface area contributed by atoms with Gasteiger partial charge in [0.15, 0.2) is 0 Å². The summed E-state index contributed by atoms with van der Waals surface area (Å²) in [6, 6.07) is 4.62. The molecule has 0 aromatic carbocycles. The van der Waals surface area contributed by atoms with Gasteiger partial charge in [0.1, 0.15) is 11.5 Å². The molecule has 0 atom stereocenters. The van der Waals surface area contributed by atoms with E-state index in [1.54, 1.807) is 0 Å². The molecule has 0 radical (unpaired) electrons. The summed E-state index contributed by atoms with van der Waals surface area (Å²) in [6.07, 6.45) is 33.0. The second-order valence-electron chi connectivity index (χ2n) is 14.3. The van der Waals surface area contributed by atoms with E-state index in [1.807, 2.05) is 12.4 Å². The maximum atomic E-state index is 6.52. The number of ether oxygens (including phenoxy) is 1. The molecule has 2 saturated carbocycles. The molecule has 0 spiro atoms. The van der Waals surface area contributed by atoms with Crippen molar-refractivity contribution in [1.82, 2.24) is 9.97 Å². The van der Waals surface area contributed by atoms with Crippen LogP contribution in [0.3, 0.4) is 0 Å². The van der Waals surface area contributed by atoms with Gasteiger partial charge in [-0.05, 0) is 98.3 Å². The molecule has 2 aromatic rings. The van der Waals surface area contributed by atoms with E-state index in [9.17, 15) is 0 Å². The first-order valence-corrected chi connectivity index (χ1v) is 18.7. The van der Waals surface area contributed by atoms with Crippen molar-refractivity contribution in [1.29, 1.82) is 0 Å². The van der Waals surface area contributed by atoms with Gasteiger partial charge in [-0.3, -0.25) is 9.97 Å². The van der Waals surface area contributed by atoms with Crippen molar-refractivity contribution in [2.24, 2.45) is 23.7 Å². The zero-order valence-electron chi connectivity index (χ0n) is 28.5.